The van der Waals surface area contributed by atoms with Crippen LogP contribution in [0.2, 0.25) is 0 Å². The molecule has 4 rings (SSSR count). The summed E-state index contributed by atoms with van der Waals surface area (Å²) in [4.78, 5) is 16.4. The minimum Gasteiger partial charge on any atom is -0.497 e. The van der Waals surface area contributed by atoms with Crippen LogP contribution in [0.1, 0.15) is 24.3 Å². The fraction of sp³-hybridized carbons (Fsp3) is 0.200. The largest absolute Gasteiger partial charge is 0.497 e. The summed E-state index contributed by atoms with van der Waals surface area (Å²) >= 11 is 0. The number of aryl methyl sites for hydroxylation is 1. The average molecular weight is 400 g/mol. The number of nitrogens with zero attached hydrogens (tertiary/aromatic N) is 2. The molecule has 3 aromatic carbocycles. The van der Waals surface area contributed by atoms with Crippen LogP contribution >= 0.6 is 0 Å². The predicted octanol–water partition coefficient (Wildman–Crippen LogP) is 5.36. The Bertz CT molecular complexity index is 1150. The molecule has 1 aromatic heterocycles. The van der Waals surface area contributed by atoms with E-state index < -0.39 is 11.9 Å². The molecule has 0 spiro atoms. The molecule has 0 aliphatic heterocycles. The Kier molecular flexibility index (Phi) is 5.80. The summed E-state index contributed by atoms with van der Waals surface area (Å²) in [5.74, 6) is 0.360. The Balaban J connectivity index is 1.48. The van der Waals surface area contributed by atoms with Crippen LogP contribution in [-0.2, 0) is 11.3 Å². The molecule has 0 fully saturated rings. The number of ether oxygens (including phenoxy) is 1. The van der Waals surface area contributed by atoms with Crippen LogP contribution in [0.4, 0.5) is 0 Å². The molecule has 0 bridgehead atoms. The second-order valence-electron chi connectivity index (χ2n) is 7.32. The van der Waals surface area contributed by atoms with Crippen LogP contribution in [0.25, 0.3) is 22.2 Å². The van der Waals surface area contributed by atoms with Gasteiger partial charge >= 0.3 is 5.97 Å². The second kappa shape index (κ2) is 8.82. The standard InChI is InChI=1S/C25H24N2O3/c1-30-22-12-11-19-16-21(10-9-20(19)17-22)23(25(28)29)8-5-14-27-15-13-26-24(27)18-6-3-2-4-7-18/h2-4,6-7,9-13,15-17,23H,5,8,14H2,1H3,(H,28,29). The van der Waals surface area contributed by atoms with Gasteiger partial charge in [-0.05, 0) is 41.3 Å². The van der Waals surface area contributed by atoms with Crippen molar-refractivity contribution in [3.05, 3.63) is 84.7 Å². The summed E-state index contributed by atoms with van der Waals surface area (Å²) in [5, 5.41) is 11.9. The van der Waals surface area contributed by atoms with Gasteiger partial charge in [-0.25, -0.2) is 4.98 Å². The number of benzene rings is 3. The number of aromatic nitrogens is 2. The van der Waals surface area contributed by atoms with Crippen molar-refractivity contribution in [2.45, 2.75) is 25.3 Å². The van der Waals surface area contributed by atoms with Gasteiger partial charge in [-0.1, -0.05) is 54.6 Å². The van der Waals surface area contributed by atoms with Crippen molar-refractivity contribution < 1.29 is 14.6 Å². The Labute approximate surface area is 175 Å². The molecule has 5 heteroatoms. The summed E-state index contributed by atoms with van der Waals surface area (Å²) in [7, 11) is 1.64. The van der Waals surface area contributed by atoms with Gasteiger partial charge < -0.3 is 14.4 Å². The number of imidazole rings is 1. The molecule has 0 amide bonds. The van der Waals surface area contributed by atoms with Gasteiger partial charge in [0.15, 0.2) is 0 Å². The van der Waals surface area contributed by atoms with Crippen molar-refractivity contribution in [2.75, 3.05) is 7.11 Å². The number of rotatable bonds is 8. The second-order valence-corrected chi connectivity index (χ2v) is 7.32. The van der Waals surface area contributed by atoms with Crippen molar-refractivity contribution in [1.29, 1.82) is 0 Å². The molecule has 0 aliphatic carbocycles. The monoisotopic (exact) mass is 400 g/mol. The third-order valence-corrected chi connectivity index (χ3v) is 5.41. The normalized spacial score (nSPS) is 12.0. The van der Waals surface area contributed by atoms with Crippen molar-refractivity contribution in [3.8, 4) is 17.1 Å². The van der Waals surface area contributed by atoms with Gasteiger partial charge in [0.1, 0.15) is 11.6 Å². The van der Waals surface area contributed by atoms with Crippen molar-refractivity contribution in [1.82, 2.24) is 9.55 Å². The summed E-state index contributed by atoms with van der Waals surface area (Å²) < 4.78 is 7.35. The molecular weight excluding hydrogens is 376 g/mol. The molecule has 0 saturated carbocycles. The van der Waals surface area contributed by atoms with E-state index in [1.54, 1.807) is 13.3 Å². The number of methoxy groups -OCH3 is 1. The van der Waals surface area contributed by atoms with Crippen LogP contribution in [0, 0.1) is 0 Å². The molecule has 1 atom stereocenters. The van der Waals surface area contributed by atoms with E-state index in [0.717, 1.165) is 46.4 Å². The lowest BCUT2D eigenvalue weighted by Crippen LogP contribution is -2.13. The van der Waals surface area contributed by atoms with E-state index in [9.17, 15) is 9.90 Å². The van der Waals surface area contributed by atoms with Gasteiger partial charge in [0.25, 0.3) is 0 Å². The van der Waals surface area contributed by atoms with Crippen molar-refractivity contribution >= 4 is 16.7 Å². The van der Waals surface area contributed by atoms with E-state index in [1.807, 2.05) is 72.9 Å². The zero-order valence-corrected chi connectivity index (χ0v) is 16.9. The quantitative estimate of drug-likeness (QED) is 0.432. The van der Waals surface area contributed by atoms with Crippen LogP contribution in [-0.4, -0.2) is 27.7 Å². The lowest BCUT2D eigenvalue weighted by molar-refractivity contribution is -0.139. The molecule has 152 valence electrons. The lowest BCUT2D eigenvalue weighted by Gasteiger charge is -2.15. The van der Waals surface area contributed by atoms with E-state index in [1.165, 1.54) is 0 Å². The third-order valence-electron chi connectivity index (χ3n) is 5.41. The van der Waals surface area contributed by atoms with E-state index >= 15 is 0 Å². The molecule has 1 N–H and O–H groups in total. The molecule has 1 unspecified atom stereocenters. The van der Waals surface area contributed by atoms with E-state index in [-0.39, 0.29) is 0 Å². The summed E-state index contributed by atoms with van der Waals surface area (Å²) in [6.07, 6.45) is 5.04. The SMILES string of the molecule is COc1ccc2cc(C(CCCn3ccnc3-c3ccccc3)C(=O)O)ccc2c1. The first-order valence-electron chi connectivity index (χ1n) is 10.0. The maximum absolute atomic E-state index is 12.0. The minimum atomic E-state index is -0.795. The topological polar surface area (TPSA) is 64.4 Å². The smallest absolute Gasteiger partial charge is 0.310 e. The molecular formula is C25H24N2O3. The van der Waals surface area contributed by atoms with Gasteiger partial charge in [-0.2, -0.15) is 0 Å². The summed E-state index contributed by atoms with van der Waals surface area (Å²) in [6.45, 7) is 0.721. The van der Waals surface area contributed by atoms with Crippen LogP contribution in [0.5, 0.6) is 5.75 Å². The number of carboxylic acid groups (broad SMARTS) is 1. The molecule has 4 aromatic rings. The highest BCUT2D eigenvalue weighted by atomic mass is 16.5. The highest BCUT2D eigenvalue weighted by Crippen LogP contribution is 2.28. The maximum atomic E-state index is 12.0. The van der Waals surface area contributed by atoms with Gasteiger partial charge in [-0.3, -0.25) is 4.79 Å². The summed E-state index contributed by atoms with van der Waals surface area (Å²) in [6, 6.07) is 21.7. The zero-order valence-electron chi connectivity index (χ0n) is 16.9. The van der Waals surface area contributed by atoms with E-state index in [2.05, 4.69) is 9.55 Å². The Hall–Kier alpha value is -3.60. The average Bonchev–Trinajstić information content (AvgIpc) is 3.25. The Morgan fingerprint density at radius 1 is 1.07 bits per heavy atom. The number of carbonyl (C=O) groups is 1. The Morgan fingerprint density at radius 2 is 1.83 bits per heavy atom. The van der Waals surface area contributed by atoms with Crippen molar-refractivity contribution in [2.24, 2.45) is 0 Å². The molecule has 5 nitrogen and oxygen atoms in total. The third kappa shape index (κ3) is 4.20. The molecule has 0 aliphatic rings. The van der Waals surface area contributed by atoms with Gasteiger partial charge in [0.2, 0.25) is 0 Å². The van der Waals surface area contributed by atoms with E-state index in [0.29, 0.717) is 6.42 Å². The van der Waals surface area contributed by atoms with Gasteiger partial charge in [0, 0.05) is 24.5 Å². The van der Waals surface area contributed by atoms with E-state index in [4.69, 9.17) is 4.74 Å². The molecule has 0 saturated heterocycles. The predicted molar refractivity (Wildman–Crippen MR) is 118 cm³/mol. The maximum Gasteiger partial charge on any atom is 0.310 e. The number of carboxylic acids is 1. The van der Waals surface area contributed by atoms with Crippen molar-refractivity contribution in [3.63, 3.8) is 0 Å². The lowest BCUT2D eigenvalue weighted by atomic mass is 9.92. The molecule has 30 heavy (non-hydrogen) atoms. The highest BCUT2D eigenvalue weighted by Gasteiger charge is 2.20. The van der Waals surface area contributed by atoms with Gasteiger partial charge in [-0.15, -0.1) is 0 Å². The first-order valence-corrected chi connectivity index (χ1v) is 10.0. The van der Waals surface area contributed by atoms with Gasteiger partial charge in [0.05, 0.1) is 13.0 Å². The fourth-order valence-electron chi connectivity index (χ4n) is 3.82. The van der Waals surface area contributed by atoms with Crippen LogP contribution in [0.3, 0.4) is 0 Å². The fourth-order valence-corrected chi connectivity index (χ4v) is 3.82. The number of hydrogen-bond donors (Lipinski definition) is 1. The Morgan fingerprint density at radius 3 is 2.60 bits per heavy atom. The van der Waals surface area contributed by atoms with Crippen LogP contribution in [0.15, 0.2) is 79.1 Å². The minimum absolute atomic E-state index is 0.541. The summed E-state index contributed by atoms with van der Waals surface area (Å²) in [5.41, 5.74) is 1.89. The number of fused-ring (bicyclic) bond motifs is 1. The number of aliphatic carboxylic acids is 1. The molecule has 0 radical (unpaired) electrons. The first kappa shape index (κ1) is 19.7. The molecule has 1 heterocycles. The van der Waals surface area contributed by atoms with Crippen LogP contribution < -0.4 is 4.74 Å². The number of hydrogen-bond acceptors (Lipinski definition) is 3. The zero-order chi connectivity index (χ0) is 20.9. The first-order chi connectivity index (χ1) is 14.7. The highest BCUT2D eigenvalue weighted by molar-refractivity contribution is 5.86.